The van der Waals surface area contributed by atoms with Crippen molar-refractivity contribution >= 4 is 51.8 Å². The predicted molar refractivity (Wildman–Crippen MR) is 152 cm³/mol. The van der Waals surface area contributed by atoms with E-state index in [4.69, 9.17) is 9.47 Å². The van der Waals surface area contributed by atoms with Crippen molar-refractivity contribution in [3.63, 3.8) is 0 Å². The highest BCUT2D eigenvalue weighted by Gasteiger charge is 2.56. The summed E-state index contributed by atoms with van der Waals surface area (Å²) in [7, 11) is 1.55. The van der Waals surface area contributed by atoms with E-state index < -0.39 is 0 Å². The van der Waals surface area contributed by atoms with Gasteiger partial charge in [-0.15, -0.1) is 11.3 Å². The Bertz CT molecular complexity index is 1270. The summed E-state index contributed by atoms with van der Waals surface area (Å²) in [5.41, 5.74) is 4.76. The Hall–Kier alpha value is -2.17. The molecule has 3 heterocycles. The molecular formula is C29H32INO5S. The van der Waals surface area contributed by atoms with Gasteiger partial charge in [-0.2, -0.15) is 0 Å². The Morgan fingerprint density at radius 1 is 1.30 bits per heavy atom. The Morgan fingerprint density at radius 2 is 2.11 bits per heavy atom. The first-order valence-corrected chi connectivity index (χ1v) is 14.7. The molecule has 3 aliphatic rings. The van der Waals surface area contributed by atoms with E-state index in [9.17, 15) is 14.7 Å². The number of imide groups is 1. The number of rotatable bonds is 8. The van der Waals surface area contributed by atoms with Gasteiger partial charge in [0.1, 0.15) is 0 Å². The second-order valence-electron chi connectivity index (χ2n) is 10.1. The van der Waals surface area contributed by atoms with Gasteiger partial charge in [0, 0.05) is 10.8 Å². The summed E-state index contributed by atoms with van der Waals surface area (Å²) in [5, 5.41) is 12.1. The van der Waals surface area contributed by atoms with E-state index in [1.54, 1.807) is 18.4 Å². The summed E-state index contributed by atoms with van der Waals surface area (Å²) in [4.78, 5) is 29.3. The molecule has 1 N–H and O–H groups in total. The Balaban J connectivity index is 1.31. The number of likely N-dealkylation sites (tertiary alicyclic amines) is 1. The number of phenolic OH excluding ortho intramolecular Hbond substituents is 1. The van der Waals surface area contributed by atoms with E-state index in [2.05, 4.69) is 42.5 Å². The SMILES string of the molecule is CCC1=C2[C@@H](CC/C(C)=C/c3cc(I)c(O)c(OC)c3)OC[C@@H]2[C@@H]2C(=O)N(Cc3cccs3)C(=O)[C@@H]2C1. The molecule has 37 heavy (non-hydrogen) atoms. The van der Waals surface area contributed by atoms with Gasteiger partial charge in [0.15, 0.2) is 11.5 Å². The molecule has 0 saturated carbocycles. The van der Waals surface area contributed by atoms with Crippen molar-refractivity contribution in [3.05, 3.63) is 60.4 Å². The number of benzene rings is 1. The summed E-state index contributed by atoms with van der Waals surface area (Å²) >= 11 is 3.69. The fraction of sp³-hybridized carbons (Fsp3) is 0.448. The van der Waals surface area contributed by atoms with E-state index in [1.807, 2.05) is 29.6 Å². The Labute approximate surface area is 235 Å². The molecule has 5 rings (SSSR count). The molecule has 6 nitrogen and oxygen atoms in total. The maximum absolute atomic E-state index is 13.5. The third kappa shape index (κ3) is 5.00. The van der Waals surface area contributed by atoms with E-state index >= 15 is 0 Å². The number of carbonyl (C=O) groups is 2. The van der Waals surface area contributed by atoms with Gasteiger partial charge in [-0.05, 0) is 89.9 Å². The Kier molecular flexibility index (Phi) is 7.79. The van der Waals surface area contributed by atoms with E-state index in [-0.39, 0.29) is 41.4 Å². The van der Waals surface area contributed by atoms with Gasteiger partial charge >= 0.3 is 0 Å². The first kappa shape index (κ1) is 26.4. The second-order valence-corrected chi connectivity index (χ2v) is 12.3. The molecule has 8 heteroatoms. The largest absolute Gasteiger partial charge is 0.504 e. The molecule has 2 saturated heterocycles. The number of aromatic hydroxyl groups is 1. The number of nitrogens with zero attached hydrogens (tertiary/aromatic N) is 1. The number of thiophene rings is 1. The van der Waals surface area contributed by atoms with Crippen LogP contribution in [-0.4, -0.2) is 41.6 Å². The van der Waals surface area contributed by atoms with Crippen LogP contribution in [0.5, 0.6) is 11.5 Å². The first-order chi connectivity index (χ1) is 17.8. The zero-order chi connectivity index (χ0) is 26.3. The van der Waals surface area contributed by atoms with Gasteiger partial charge in [-0.1, -0.05) is 30.2 Å². The average molecular weight is 634 g/mol. The second kappa shape index (κ2) is 10.9. The molecule has 0 bridgehead atoms. The van der Waals surface area contributed by atoms with Crippen LogP contribution in [0.15, 0.2) is 46.4 Å². The summed E-state index contributed by atoms with van der Waals surface area (Å²) in [5.74, 6) is 0.0127. The zero-order valence-electron chi connectivity index (χ0n) is 21.3. The lowest BCUT2D eigenvalue weighted by molar-refractivity contribution is -0.140. The third-order valence-electron chi connectivity index (χ3n) is 7.90. The van der Waals surface area contributed by atoms with Crippen molar-refractivity contribution in [3.8, 4) is 11.5 Å². The number of amides is 2. The molecule has 1 aromatic carbocycles. The molecule has 1 aromatic heterocycles. The average Bonchev–Trinajstić information content (AvgIpc) is 3.61. The van der Waals surface area contributed by atoms with Crippen LogP contribution in [0.4, 0.5) is 0 Å². The van der Waals surface area contributed by atoms with Gasteiger partial charge in [0.25, 0.3) is 0 Å². The van der Waals surface area contributed by atoms with Gasteiger partial charge in [-0.3, -0.25) is 14.5 Å². The smallest absolute Gasteiger partial charge is 0.234 e. The minimum atomic E-state index is -0.300. The normalized spacial score (nSPS) is 25.6. The van der Waals surface area contributed by atoms with Crippen molar-refractivity contribution in [2.75, 3.05) is 13.7 Å². The number of allylic oxidation sites excluding steroid dienone is 2. The number of hydrogen-bond donors (Lipinski definition) is 1. The number of methoxy groups -OCH3 is 1. The van der Waals surface area contributed by atoms with Crippen molar-refractivity contribution in [2.24, 2.45) is 17.8 Å². The van der Waals surface area contributed by atoms with Crippen LogP contribution in [0.1, 0.15) is 50.0 Å². The first-order valence-electron chi connectivity index (χ1n) is 12.8. The van der Waals surface area contributed by atoms with Crippen LogP contribution >= 0.6 is 33.9 Å². The molecule has 196 valence electrons. The summed E-state index contributed by atoms with van der Waals surface area (Å²) in [6, 6.07) is 7.71. The summed E-state index contributed by atoms with van der Waals surface area (Å²) in [6.45, 7) is 5.13. The van der Waals surface area contributed by atoms with Crippen LogP contribution in [0.2, 0.25) is 0 Å². The minimum absolute atomic E-state index is 0.00397. The lowest BCUT2D eigenvalue weighted by Gasteiger charge is -2.31. The molecule has 0 unspecified atom stereocenters. The van der Waals surface area contributed by atoms with Crippen LogP contribution < -0.4 is 4.74 Å². The van der Waals surface area contributed by atoms with Crippen molar-refractivity contribution in [2.45, 2.75) is 52.2 Å². The van der Waals surface area contributed by atoms with Gasteiger partial charge in [-0.25, -0.2) is 0 Å². The lowest BCUT2D eigenvalue weighted by Crippen LogP contribution is -2.34. The van der Waals surface area contributed by atoms with E-state index in [0.717, 1.165) is 33.3 Å². The highest BCUT2D eigenvalue weighted by molar-refractivity contribution is 14.1. The molecule has 2 aromatic rings. The summed E-state index contributed by atoms with van der Waals surface area (Å²) < 4.78 is 12.4. The minimum Gasteiger partial charge on any atom is -0.504 e. The molecule has 0 spiro atoms. The van der Waals surface area contributed by atoms with Crippen molar-refractivity contribution < 1.29 is 24.2 Å². The fourth-order valence-corrected chi connectivity index (χ4v) is 7.46. The van der Waals surface area contributed by atoms with E-state index in [1.165, 1.54) is 21.6 Å². The van der Waals surface area contributed by atoms with Gasteiger partial charge < -0.3 is 14.6 Å². The summed E-state index contributed by atoms with van der Waals surface area (Å²) in [6.07, 6.45) is 5.32. The number of carbonyl (C=O) groups excluding carboxylic acids is 2. The third-order valence-corrected chi connectivity index (χ3v) is 9.59. The standard InChI is InChI=1S/C29H32INO5S/c1-4-18-13-20-26(29(34)31(28(20)33)14-19-6-5-9-37-19)21-15-36-23(25(18)21)8-7-16(2)10-17-11-22(30)27(32)24(12-17)35-3/h5-6,9-12,20-21,23,26,32H,4,7-8,13-15H2,1-3H3/b16-10+/t20-,21+,23-,26-/m1/s1. The molecule has 4 atom stereocenters. The maximum Gasteiger partial charge on any atom is 0.234 e. The van der Waals surface area contributed by atoms with Crippen LogP contribution in [0, 0.1) is 21.3 Å². The monoisotopic (exact) mass is 633 g/mol. The molecule has 0 radical (unpaired) electrons. The van der Waals surface area contributed by atoms with Crippen molar-refractivity contribution in [1.82, 2.24) is 4.90 Å². The molecule has 1 aliphatic carbocycles. The van der Waals surface area contributed by atoms with Crippen LogP contribution in [0.25, 0.3) is 6.08 Å². The number of halogens is 1. The number of phenols is 1. The highest BCUT2D eigenvalue weighted by atomic mass is 127. The number of hydrogen-bond acceptors (Lipinski definition) is 6. The molecule has 2 amide bonds. The maximum atomic E-state index is 13.5. The lowest BCUT2D eigenvalue weighted by atomic mass is 9.69. The quantitative estimate of drug-likeness (QED) is 0.214. The van der Waals surface area contributed by atoms with Gasteiger partial charge in [0.2, 0.25) is 11.8 Å². The van der Waals surface area contributed by atoms with Crippen LogP contribution in [-0.2, 0) is 20.9 Å². The topological polar surface area (TPSA) is 76.1 Å². The fourth-order valence-electron chi connectivity index (χ4n) is 6.14. The Morgan fingerprint density at radius 3 is 2.81 bits per heavy atom. The number of ether oxygens (including phenoxy) is 2. The molecular weight excluding hydrogens is 601 g/mol. The molecule has 2 fully saturated rings. The zero-order valence-corrected chi connectivity index (χ0v) is 24.3. The van der Waals surface area contributed by atoms with Crippen molar-refractivity contribution in [1.29, 1.82) is 0 Å². The van der Waals surface area contributed by atoms with Crippen LogP contribution in [0.3, 0.4) is 0 Å². The van der Waals surface area contributed by atoms with Gasteiger partial charge in [0.05, 0.1) is 41.8 Å². The number of fused-ring (bicyclic) bond motifs is 3. The predicted octanol–water partition coefficient (Wildman–Crippen LogP) is 6.18. The molecule has 2 aliphatic heterocycles. The highest BCUT2D eigenvalue weighted by Crippen LogP contribution is 2.50. The van der Waals surface area contributed by atoms with E-state index in [0.29, 0.717) is 25.3 Å².